The molecule has 4 rings (SSSR count). The van der Waals surface area contributed by atoms with E-state index < -0.39 is 0 Å². The fraction of sp³-hybridized carbons (Fsp3) is 0.611. The highest BCUT2D eigenvalue weighted by atomic mass is 16.7. The molecule has 1 N–H and O–H groups in total. The third-order valence-electron chi connectivity index (χ3n) is 5.34. The number of hydrogen-bond donors (Lipinski definition) is 1. The van der Waals surface area contributed by atoms with Gasteiger partial charge in [0, 0.05) is 44.8 Å². The lowest BCUT2D eigenvalue weighted by atomic mass is 9.89. The van der Waals surface area contributed by atoms with Gasteiger partial charge in [-0.1, -0.05) is 6.92 Å². The van der Waals surface area contributed by atoms with Crippen molar-refractivity contribution in [3.8, 4) is 11.5 Å². The van der Waals surface area contributed by atoms with E-state index in [-0.39, 0.29) is 12.7 Å². The van der Waals surface area contributed by atoms with Crippen molar-refractivity contribution in [2.75, 3.05) is 52.6 Å². The first-order valence-electron chi connectivity index (χ1n) is 8.75. The predicted octanol–water partition coefficient (Wildman–Crippen LogP) is 1.17. The molecule has 3 aliphatic heterocycles. The minimum absolute atomic E-state index is 0.0849. The average molecular weight is 331 g/mol. The Morgan fingerprint density at radius 2 is 2.00 bits per heavy atom. The Morgan fingerprint density at radius 1 is 1.21 bits per heavy atom. The van der Waals surface area contributed by atoms with E-state index >= 15 is 0 Å². The summed E-state index contributed by atoms with van der Waals surface area (Å²) in [5, 5.41) is 3.46. The van der Waals surface area contributed by atoms with Gasteiger partial charge in [0.25, 0.3) is 5.91 Å². The summed E-state index contributed by atoms with van der Waals surface area (Å²) in [6, 6.07) is 5.44. The Morgan fingerprint density at radius 3 is 2.75 bits per heavy atom. The fourth-order valence-corrected chi connectivity index (χ4v) is 3.86. The molecule has 0 aliphatic carbocycles. The van der Waals surface area contributed by atoms with E-state index in [1.54, 1.807) is 6.07 Å². The van der Waals surface area contributed by atoms with Gasteiger partial charge >= 0.3 is 0 Å². The summed E-state index contributed by atoms with van der Waals surface area (Å²) in [5.41, 5.74) is 1.06. The average Bonchev–Trinajstić information content (AvgIpc) is 3.23. The van der Waals surface area contributed by atoms with Gasteiger partial charge in [0.15, 0.2) is 11.5 Å². The zero-order valence-electron chi connectivity index (χ0n) is 14.2. The van der Waals surface area contributed by atoms with Gasteiger partial charge in [0.2, 0.25) is 6.79 Å². The van der Waals surface area contributed by atoms with Crippen molar-refractivity contribution < 1.29 is 14.3 Å². The Kier molecular flexibility index (Phi) is 4.10. The third kappa shape index (κ3) is 3.08. The first kappa shape index (κ1) is 15.7. The molecule has 6 heteroatoms. The molecule has 3 heterocycles. The molecule has 1 aromatic carbocycles. The van der Waals surface area contributed by atoms with Crippen LogP contribution in [-0.2, 0) is 0 Å². The van der Waals surface area contributed by atoms with Crippen molar-refractivity contribution in [1.29, 1.82) is 0 Å². The van der Waals surface area contributed by atoms with E-state index in [1.807, 2.05) is 17.0 Å². The molecule has 0 aromatic heterocycles. The van der Waals surface area contributed by atoms with Crippen LogP contribution in [0.15, 0.2) is 18.2 Å². The largest absolute Gasteiger partial charge is 0.454 e. The second-order valence-electron chi connectivity index (χ2n) is 7.37. The van der Waals surface area contributed by atoms with E-state index in [9.17, 15) is 4.79 Å². The van der Waals surface area contributed by atoms with Crippen LogP contribution in [0, 0.1) is 5.41 Å². The summed E-state index contributed by atoms with van der Waals surface area (Å²) in [5.74, 6) is 1.47. The SMILES string of the molecule is CC1(CN2CCN(C(=O)c3ccc4c(c3)OCO4)CC2)CCNC1. The lowest BCUT2D eigenvalue weighted by Gasteiger charge is -2.38. The highest BCUT2D eigenvalue weighted by Gasteiger charge is 2.32. The van der Waals surface area contributed by atoms with E-state index in [4.69, 9.17) is 9.47 Å². The maximum Gasteiger partial charge on any atom is 0.254 e. The summed E-state index contributed by atoms with van der Waals surface area (Å²) in [6.07, 6.45) is 1.24. The molecule has 24 heavy (non-hydrogen) atoms. The number of amides is 1. The molecule has 1 unspecified atom stereocenters. The smallest absolute Gasteiger partial charge is 0.254 e. The molecule has 1 atom stereocenters. The van der Waals surface area contributed by atoms with Crippen LogP contribution in [0.1, 0.15) is 23.7 Å². The summed E-state index contributed by atoms with van der Waals surface area (Å²) < 4.78 is 10.7. The van der Waals surface area contributed by atoms with Crippen molar-refractivity contribution >= 4 is 5.91 Å². The molecule has 1 amide bonds. The summed E-state index contributed by atoms with van der Waals surface area (Å²) in [7, 11) is 0. The zero-order valence-corrected chi connectivity index (χ0v) is 14.2. The molecule has 2 saturated heterocycles. The van der Waals surface area contributed by atoms with Gasteiger partial charge in [-0.25, -0.2) is 0 Å². The van der Waals surface area contributed by atoms with Crippen molar-refractivity contribution in [2.45, 2.75) is 13.3 Å². The quantitative estimate of drug-likeness (QED) is 0.901. The number of fused-ring (bicyclic) bond motifs is 1. The topological polar surface area (TPSA) is 54.0 Å². The van der Waals surface area contributed by atoms with Crippen molar-refractivity contribution in [3.05, 3.63) is 23.8 Å². The van der Waals surface area contributed by atoms with Crippen LogP contribution in [0.25, 0.3) is 0 Å². The van der Waals surface area contributed by atoms with Crippen LogP contribution in [0.3, 0.4) is 0 Å². The third-order valence-corrected chi connectivity index (χ3v) is 5.34. The fourth-order valence-electron chi connectivity index (χ4n) is 3.86. The van der Waals surface area contributed by atoms with Crippen LogP contribution in [-0.4, -0.2) is 68.3 Å². The Bertz CT molecular complexity index is 620. The minimum Gasteiger partial charge on any atom is -0.454 e. The summed E-state index contributed by atoms with van der Waals surface area (Å²) in [6.45, 7) is 9.41. The Balaban J connectivity index is 1.34. The van der Waals surface area contributed by atoms with Gasteiger partial charge in [-0.2, -0.15) is 0 Å². The van der Waals surface area contributed by atoms with Crippen LogP contribution >= 0.6 is 0 Å². The number of rotatable bonds is 3. The van der Waals surface area contributed by atoms with Crippen molar-refractivity contribution in [3.63, 3.8) is 0 Å². The molecular weight excluding hydrogens is 306 g/mol. The maximum absolute atomic E-state index is 12.7. The number of carbonyl (C=O) groups excluding carboxylic acids is 1. The van der Waals surface area contributed by atoms with Gasteiger partial charge in [-0.15, -0.1) is 0 Å². The first-order chi connectivity index (χ1) is 11.6. The van der Waals surface area contributed by atoms with Crippen LogP contribution < -0.4 is 14.8 Å². The van der Waals surface area contributed by atoms with Gasteiger partial charge in [0.05, 0.1) is 0 Å². The van der Waals surface area contributed by atoms with E-state index in [0.29, 0.717) is 16.7 Å². The van der Waals surface area contributed by atoms with Crippen molar-refractivity contribution in [1.82, 2.24) is 15.1 Å². The minimum atomic E-state index is 0.0849. The molecule has 0 spiro atoms. The number of benzene rings is 1. The molecule has 130 valence electrons. The summed E-state index contributed by atoms with van der Waals surface area (Å²) >= 11 is 0. The predicted molar refractivity (Wildman–Crippen MR) is 90.5 cm³/mol. The van der Waals surface area contributed by atoms with Crippen LogP contribution in [0.2, 0.25) is 0 Å². The molecule has 6 nitrogen and oxygen atoms in total. The molecule has 3 aliphatic rings. The van der Waals surface area contributed by atoms with Crippen LogP contribution in [0.4, 0.5) is 0 Å². The number of carbonyl (C=O) groups is 1. The number of nitrogens with zero attached hydrogens (tertiary/aromatic N) is 2. The van der Waals surface area contributed by atoms with Gasteiger partial charge in [-0.3, -0.25) is 9.69 Å². The van der Waals surface area contributed by atoms with E-state index in [0.717, 1.165) is 51.6 Å². The van der Waals surface area contributed by atoms with Gasteiger partial charge in [-0.05, 0) is 36.6 Å². The molecule has 0 saturated carbocycles. The standard InChI is InChI=1S/C18H25N3O3/c1-18(4-5-19-11-18)12-20-6-8-21(9-7-20)17(22)14-2-3-15-16(10-14)24-13-23-15/h2-3,10,19H,4-9,11-13H2,1H3. The zero-order chi connectivity index (χ0) is 16.6. The van der Waals surface area contributed by atoms with Gasteiger partial charge < -0.3 is 19.7 Å². The normalized spacial score (nSPS) is 26.8. The maximum atomic E-state index is 12.7. The highest BCUT2D eigenvalue weighted by molar-refractivity contribution is 5.95. The number of nitrogens with one attached hydrogen (secondary N) is 1. The van der Waals surface area contributed by atoms with E-state index in [2.05, 4.69) is 17.1 Å². The molecule has 2 fully saturated rings. The molecule has 0 bridgehead atoms. The monoisotopic (exact) mass is 331 g/mol. The number of ether oxygens (including phenoxy) is 2. The highest BCUT2D eigenvalue weighted by Crippen LogP contribution is 2.33. The summed E-state index contributed by atoms with van der Waals surface area (Å²) in [4.78, 5) is 17.2. The van der Waals surface area contributed by atoms with Crippen LogP contribution in [0.5, 0.6) is 11.5 Å². The second-order valence-corrected chi connectivity index (χ2v) is 7.37. The van der Waals surface area contributed by atoms with E-state index in [1.165, 1.54) is 6.42 Å². The molecule has 1 aromatic rings. The molecular formula is C18H25N3O3. The lowest BCUT2D eigenvalue weighted by molar-refractivity contribution is 0.0581. The van der Waals surface area contributed by atoms with Gasteiger partial charge in [0.1, 0.15) is 0 Å². The first-order valence-corrected chi connectivity index (χ1v) is 8.75. The second kappa shape index (κ2) is 6.26. The Hall–Kier alpha value is -1.79. The Labute approximate surface area is 142 Å². The van der Waals surface area contributed by atoms with Crippen molar-refractivity contribution in [2.24, 2.45) is 5.41 Å². The number of hydrogen-bond acceptors (Lipinski definition) is 5. The lowest BCUT2D eigenvalue weighted by Crippen LogP contribution is -2.51. The molecule has 0 radical (unpaired) electrons. The number of piperazine rings is 1.